The second-order valence-electron chi connectivity index (χ2n) is 3.81. The molecule has 0 bridgehead atoms. The fourth-order valence-corrected chi connectivity index (χ4v) is 3.85. The highest BCUT2D eigenvalue weighted by Gasteiger charge is 2.19. The van der Waals surface area contributed by atoms with Gasteiger partial charge in [0.1, 0.15) is 5.75 Å². The van der Waals surface area contributed by atoms with E-state index in [0.717, 1.165) is 6.42 Å². The minimum atomic E-state index is -3.60. The monoisotopic (exact) mass is 406 g/mol. The molecule has 0 aliphatic rings. The maximum absolute atomic E-state index is 12.1. The molecule has 0 atom stereocenters. The van der Waals surface area contributed by atoms with Crippen LogP contribution in [0.2, 0.25) is 5.02 Å². The van der Waals surface area contributed by atoms with Crippen LogP contribution in [0.15, 0.2) is 21.5 Å². The summed E-state index contributed by atoms with van der Waals surface area (Å²) in [5.41, 5.74) is 5.35. The average Bonchev–Trinajstić information content (AvgIpc) is 2.36. The number of benzene rings is 1. The number of methoxy groups -OCH3 is 1. The molecule has 0 saturated heterocycles. The van der Waals surface area contributed by atoms with E-state index in [4.69, 9.17) is 22.1 Å². The first kappa shape index (κ1) is 19.9. The van der Waals surface area contributed by atoms with Gasteiger partial charge in [-0.2, -0.15) is 0 Å². The fraction of sp³-hybridized carbons (Fsp3) is 0.455. The Morgan fingerprint density at radius 3 is 2.60 bits per heavy atom. The first-order valence-corrected chi connectivity index (χ1v) is 8.30. The Kier molecular flexibility index (Phi) is 9.04. The van der Waals surface area contributed by atoms with E-state index in [-0.39, 0.29) is 22.3 Å². The summed E-state index contributed by atoms with van der Waals surface area (Å²) >= 11 is 9.14. The number of nitrogens with one attached hydrogen (secondary N) is 1. The molecule has 0 spiro atoms. The standard InChI is InChI=1S/C11H16BrClN2O3S.ClH/c1-18-10-6-8(12)11(7-9(10)13)19(16,17)15-5-3-2-4-14;/h6-7,15H,2-5,14H2,1H3;1H. The van der Waals surface area contributed by atoms with Gasteiger partial charge in [0, 0.05) is 11.0 Å². The molecule has 1 aromatic rings. The molecule has 0 unspecified atom stereocenters. The summed E-state index contributed by atoms with van der Waals surface area (Å²) in [6.07, 6.45) is 1.46. The smallest absolute Gasteiger partial charge is 0.241 e. The molecule has 1 rings (SSSR count). The first-order chi connectivity index (χ1) is 8.92. The predicted molar refractivity (Wildman–Crippen MR) is 86.4 cm³/mol. The van der Waals surface area contributed by atoms with E-state index in [1.165, 1.54) is 19.2 Å². The second-order valence-corrected chi connectivity index (χ2v) is 6.81. The van der Waals surface area contributed by atoms with Crippen LogP contribution in [0, 0.1) is 0 Å². The normalized spacial score (nSPS) is 11.0. The highest BCUT2D eigenvalue weighted by molar-refractivity contribution is 9.10. The highest BCUT2D eigenvalue weighted by Crippen LogP contribution is 2.33. The Bertz CT molecular complexity index is 541. The zero-order valence-corrected chi connectivity index (χ0v) is 14.8. The largest absolute Gasteiger partial charge is 0.495 e. The summed E-state index contributed by atoms with van der Waals surface area (Å²) in [5.74, 6) is 0.413. The molecule has 20 heavy (non-hydrogen) atoms. The van der Waals surface area contributed by atoms with Crippen LogP contribution in [0.25, 0.3) is 0 Å². The lowest BCUT2D eigenvalue weighted by Gasteiger charge is -2.11. The van der Waals surface area contributed by atoms with E-state index in [2.05, 4.69) is 20.7 Å². The Labute approximate surface area is 138 Å². The van der Waals surface area contributed by atoms with Gasteiger partial charge in [-0.15, -0.1) is 12.4 Å². The van der Waals surface area contributed by atoms with Crippen molar-refractivity contribution in [1.29, 1.82) is 0 Å². The van der Waals surface area contributed by atoms with E-state index < -0.39 is 10.0 Å². The minimum absolute atomic E-state index is 0. The number of rotatable bonds is 7. The van der Waals surface area contributed by atoms with Gasteiger partial charge in [0.05, 0.1) is 17.0 Å². The molecular formula is C11H17BrCl2N2O3S. The van der Waals surface area contributed by atoms with Crippen LogP contribution < -0.4 is 15.2 Å². The van der Waals surface area contributed by atoms with Crippen molar-refractivity contribution in [2.45, 2.75) is 17.7 Å². The number of unbranched alkanes of at least 4 members (excludes halogenated alkanes) is 1. The maximum atomic E-state index is 12.1. The maximum Gasteiger partial charge on any atom is 0.241 e. The SMILES string of the molecule is COc1cc(Br)c(S(=O)(=O)NCCCCN)cc1Cl.Cl. The minimum Gasteiger partial charge on any atom is -0.495 e. The van der Waals surface area contributed by atoms with Crippen LogP contribution in [0.3, 0.4) is 0 Å². The summed E-state index contributed by atoms with van der Waals surface area (Å²) < 4.78 is 32.1. The molecule has 0 heterocycles. The molecule has 0 radical (unpaired) electrons. The zero-order chi connectivity index (χ0) is 14.5. The summed E-state index contributed by atoms with van der Waals surface area (Å²) in [7, 11) is -2.13. The lowest BCUT2D eigenvalue weighted by molar-refractivity contribution is 0.414. The Balaban J connectivity index is 0.00000361. The summed E-state index contributed by atoms with van der Waals surface area (Å²) in [5, 5.41) is 0.244. The predicted octanol–water partition coefficient (Wildman–Crippen LogP) is 2.55. The topological polar surface area (TPSA) is 81.4 Å². The molecule has 0 amide bonds. The van der Waals surface area contributed by atoms with Crippen molar-refractivity contribution in [1.82, 2.24) is 4.72 Å². The van der Waals surface area contributed by atoms with E-state index in [9.17, 15) is 8.42 Å². The van der Waals surface area contributed by atoms with Crippen LogP contribution >= 0.6 is 39.9 Å². The molecule has 0 aliphatic carbocycles. The first-order valence-electron chi connectivity index (χ1n) is 5.65. The Hall–Kier alpha value is -0.0500. The van der Waals surface area contributed by atoms with Gasteiger partial charge in [0.2, 0.25) is 10.0 Å². The third kappa shape index (κ3) is 5.38. The molecular weight excluding hydrogens is 391 g/mol. The average molecular weight is 408 g/mol. The highest BCUT2D eigenvalue weighted by atomic mass is 79.9. The van der Waals surface area contributed by atoms with Crippen LogP contribution in [-0.4, -0.2) is 28.6 Å². The lowest BCUT2D eigenvalue weighted by atomic mass is 10.3. The summed E-state index contributed by atoms with van der Waals surface area (Å²) in [4.78, 5) is 0.0889. The molecule has 5 nitrogen and oxygen atoms in total. The van der Waals surface area contributed by atoms with Crippen molar-refractivity contribution in [3.05, 3.63) is 21.6 Å². The summed E-state index contributed by atoms with van der Waals surface area (Å²) in [6, 6.07) is 2.88. The molecule has 0 fully saturated rings. The molecule has 0 saturated carbocycles. The quantitative estimate of drug-likeness (QED) is 0.680. The van der Waals surface area contributed by atoms with Crippen molar-refractivity contribution in [2.75, 3.05) is 20.2 Å². The van der Waals surface area contributed by atoms with Gasteiger partial charge in [-0.3, -0.25) is 0 Å². The molecule has 0 aromatic heterocycles. The van der Waals surface area contributed by atoms with Crippen LogP contribution in [0.4, 0.5) is 0 Å². The van der Waals surface area contributed by atoms with Crippen LogP contribution in [0.1, 0.15) is 12.8 Å². The van der Waals surface area contributed by atoms with Gasteiger partial charge in [0.15, 0.2) is 0 Å². The summed E-state index contributed by atoms with van der Waals surface area (Å²) in [6.45, 7) is 0.884. The zero-order valence-electron chi connectivity index (χ0n) is 10.9. The molecule has 1 aromatic carbocycles. The Morgan fingerprint density at radius 2 is 2.05 bits per heavy atom. The van der Waals surface area contributed by atoms with Crippen molar-refractivity contribution >= 4 is 50.0 Å². The van der Waals surface area contributed by atoms with Gasteiger partial charge in [-0.25, -0.2) is 13.1 Å². The van der Waals surface area contributed by atoms with Gasteiger partial charge in [0.25, 0.3) is 0 Å². The van der Waals surface area contributed by atoms with Crippen molar-refractivity contribution in [3.8, 4) is 5.75 Å². The number of hydrogen-bond donors (Lipinski definition) is 2. The lowest BCUT2D eigenvalue weighted by Crippen LogP contribution is -2.25. The number of ether oxygens (including phenoxy) is 1. The molecule has 116 valence electrons. The number of halogens is 3. The number of hydrogen-bond acceptors (Lipinski definition) is 4. The van der Waals surface area contributed by atoms with E-state index in [1.54, 1.807) is 0 Å². The number of nitrogens with two attached hydrogens (primary N) is 1. The second kappa shape index (κ2) is 9.07. The van der Waals surface area contributed by atoms with E-state index >= 15 is 0 Å². The van der Waals surface area contributed by atoms with Gasteiger partial charge >= 0.3 is 0 Å². The van der Waals surface area contributed by atoms with Gasteiger partial charge in [-0.1, -0.05) is 11.6 Å². The molecule has 0 aliphatic heterocycles. The Morgan fingerprint density at radius 1 is 1.40 bits per heavy atom. The van der Waals surface area contributed by atoms with Crippen molar-refractivity contribution < 1.29 is 13.2 Å². The third-order valence-electron chi connectivity index (χ3n) is 2.42. The van der Waals surface area contributed by atoms with Gasteiger partial charge in [-0.05, 0) is 47.4 Å². The molecule has 3 N–H and O–H groups in total. The van der Waals surface area contributed by atoms with Gasteiger partial charge < -0.3 is 10.5 Å². The van der Waals surface area contributed by atoms with Crippen molar-refractivity contribution in [3.63, 3.8) is 0 Å². The van der Waals surface area contributed by atoms with E-state index in [0.29, 0.717) is 29.7 Å². The van der Waals surface area contributed by atoms with Crippen LogP contribution in [0.5, 0.6) is 5.75 Å². The third-order valence-corrected chi connectivity index (χ3v) is 5.13. The fourth-order valence-electron chi connectivity index (χ4n) is 1.43. The van der Waals surface area contributed by atoms with Crippen LogP contribution in [-0.2, 0) is 10.0 Å². The van der Waals surface area contributed by atoms with E-state index in [1.807, 2.05) is 0 Å². The van der Waals surface area contributed by atoms with Crippen molar-refractivity contribution in [2.24, 2.45) is 5.73 Å². The molecule has 9 heteroatoms. The number of sulfonamides is 1.